The van der Waals surface area contributed by atoms with E-state index < -0.39 is 0 Å². The number of rotatable bonds is 3. The number of pyridine rings is 1. The summed E-state index contributed by atoms with van der Waals surface area (Å²) in [6, 6.07) is 18.7. The number of nitrogens with zero attached hydrogens (tertiary/aromatic N) is 4. The lowest BCUT2D eigenvalue weighted by atomic mass is 10.0. The van der Waals surface area contributed by atoms with Crippen LogP contribution in [-0.4, -0.2) is 21.6 Å². The fourth-order valence-corrected chi connectivity index (χ4v) is 4.24. The molecule has 1 aromatic heterocycles. The number of allylic oxidation sites excluding steroid dienone is 4. The summed E-state index contributed by atoms with van der Waals surface area (Å²) < 4.78 is 0.00682. The van der Waals surface area contributed by atoms with Crippen molar-refractivity contribution in [3.63, 3.8) is 0 Å². The Morgan fingerprint density at radius 3 is 2.58 bits per heavy atom. The first-order chi connectivity index (χ1) is 15.1. The van der Waals surface area contributed by atoms with Gasteiger partial charge in [0.1, 0.15) is 11.9 Å². The van der Waals surface area contributed by atoms with Gasteiger partial charge < -0.3 is 0 Å². The molecule has 1 aliphatic carbocycles. The Morgan fingerprint density at radius 1 is 0.968 bits per heavy atom. The molecule has 0 radical (unpaired) electrons. The summed E-state index contributed by atoms with van der Waals surface area (Å²) in [6.07, 6.45) is 11.5. The Morgan fingerprint density at radius 2 is 1.81 bits per heavy atom. The summed E-state index contributed by atoms with van der Waals surface area (Å²) in [5.41, 5.74) is 7.94. The third-order valence-corrected chi connectivity index (χ3v) is 5.96. The molecule has 31 heavy (non-hydrogen) atoms. The Labute approximate surface area is 180 Å². The smallest absolute Gasteiger partial charge is 0.253 e. The van der Waals surface area contributed by atoms with Crippen molar-refractivity contribution in [3.8, 4) is 11.3 Å². The zero-order valence-electron chi connectivity index (χ0n) is 17.0. The van der Waals surface area contributed by atoms with Crippen molar-refractivity contribution in [1.82, 2.24) is 4.98 Å². The van der Waals surface area contributed by atoms with E-state index in [2.05, 4.69) is 48.3 Å². The molecular weight excluding hydrogens is 382 g/mol. The maximum absolute atomic E-state index is 6.84. The summed E-state index contributed by atoms with van der Waals surface area (Å²) in [4.78, 5) is 14.2. The lowest BCUT2D eigenvalue weighted by molar-refractivity contribution is -0.750. The number of aromatic nitrogens is 1. The molecule has 1 unspecified atom stereocenters. The molecule has 0 spiro atoms. The zero-order valence-corrected chi connectivity index (χ0v) is 17.0. The van der Waals surface area contributed by atoms with E-state index in [4.69, 9.17) is 15.8 Å². The number of nitrogens with two attached hydrogens (primary N) is 1. The Hall–Kier alpha value is -3.93. The standard InChI is InChI=1S/C26H20N5/c1-17-14-22(18-6-3-2-4-7-18)29-23-15-20(10-11-21(17)23)26-30-25(19-8-5-9-19)24-16-28-12-13-31(24,26)27/h2-16H,27H2,1H3/q+1. The van der Waals surface area contributed by atoms with E-state index in [-0.39, 0.29) is 4.59 Å². The van der Waals surface area contributed by atoms with Crippen molar-refractivity contribution in [1.29, 1.82) is 0 Å². The molecule has 0 saturated carbocycles. The van der Waals surface area contributed by atoms with Gasteiger partial charge in [0.05, 0.1) is 29.2 Å². The highest BCUT2D eigenvalue weighted by atomic mass is 15.6. The molecular formula is C26H20N5+. The van der Waals surface area contributed by atoms with E-state index >= 15 is 0 Å². The largest absolute Gasteiger partial charge is 0.265 e. The number of aliphatic imine (C=N–C) groups is 2. The second-order valence-corrected chi connectivity index (χ2v) is 7.93. The summed E-state index contributed by atoms with van der Waals surface area (Å²) in [7, 11) is 0. The van der Waals surface area contributed by atoms with Crippen LogP contribution in [0.3, 0.4) is 0 Å². The number of hydrogen-bond acceptors (Lipinski definition) is 4. The van der Waals surface area contributed by atoms with Crippen LogP contribution in [0.2, 0.25) is 0 Å². The maximum Gasteiger partial charge on any atom is 0.265 e. The molecule has 6 rings (SSSR count). The van der Waals surface area contributed by atoms with E-state index in [1.165, 1.54) is 5.56 Å². The number of fused-ring (bicyclic) bond motifs is 2. The lowest BCUT2D eigenvalue weighted by Crippen LogP contribution is -2.53. The minimum Gasteiger partial charge on any atom is -0.253 e. The van der Waals surface area contributed by atoms with Gasteiger partial charge in [-0.25, -0.2) is 4.98 Å². The Balaban J connectivity index is 1.51. The van der Waals surface area contributed by atoms with Gasteiger partial charge in [-0.2, -0.15) is 10.8 Å². The minimum absolute atomic E-state index is 0.00682. The van der Waals surface area contributed by atoms with Gasteiger partial charge in [0.25, 0.3) is 5.84 Å². The second kappa shape index (κ2) is 6.54. The predicted octanol–water partition coefficient (Wildman–Crippen LogP) is 4.92. The molecule has 2 N–H and O–H groups in total. The molecule has 1 atom stereocenters. The highest BCUT2D eigenvalue weighted by Crippen LogP contribution is 2.36. The third kappa shape index (κ3) is 2.68. The third-order valence-electron chi connectivity index (χ3n) is 5.96. The summed E-state index contributed by atoms with van der Waals surface area (Å²) in [5.74, 6) is 7.61. The quantitative estimate of drug-likeness (QED) is 0.499. The summed E-state index contributed by atoms with van der Waals surface area (Å²) >= 11 is 0. The molecule has 0 amide bonds. The van der Waals surface area contributed by atoms with Crippen LogP contribution in [0.25, 0.3) is 22.2 Å². The fourth-order valence-electron chi connectivity index (χ4n) is 4.24. The van der Waals surface area contributed by atoms with Crippen LogP contribution in [0.1, 0.15) is 11.1 Å². The van der Waals surface area contributed by atoms with Crippen molar-refractivity contribution in [2.75, 3.05) is 0 Å². The van der Waals surface area contributed by atoms with Crippen molar-refractivity contribution in [2.24, 2.45) is 15.8 Å². The van der Waals surface area contributed by atoms with Gasteiger partial charge in [0, 0.05) is 16.5 Å². The molecule has 5 nitrogen and oxygen atoms in total. The normalized spacial score (nSPS) is 21.2. The molecule has 148 valence electrons. The van der Waals surface area contributed by atoms with E-state index in [1.54, 1.807) is 12.4 Å². The zero-order chi connectivity index (χ0) is 21.0. The van der Waals surface area contributed by atoms with Crippen LogP contribution in [-0.2, 0) is 0 Å². The van der Waals surface area contributed by atoms with Crippen LogP contribution in [0.5, 0.6) is 0 Å². The van der Waals surface area contributed by atoms with Gasteiger partial charge >= 0.3 is 0 Å². The summed E-state index contributed by atoms with van der Waals surface area (Å²) in [6.45, 7) is 2.12. The van der Waals surface area contributed by atoms with Crippen molar-refractivity contribution >= 4 is 23.0 Å². The highest BCUT2D eigenvalue weighted by molar-refractivity contribution is 6.03. The van der Waals surface area contributed by atoms with Crippen LogP contribution < -0.4 is 5.84 Å². The SMILES string of the molecule is Cc1cc(-c2ccccc2)nc2cc(C3=NC(C4=CC=C4)=C4C=NC=C[N+]34N)ccc12. The van der Waals surface area contributed by atoms with E-state index in [1.807, 2.05) is 42.6 Å². The molecule has 2 aliphatic heterocycles. The molecule has 3 aliphatic rings. The van der Waals surface area contributed by atoms with Gasteiger partial charge in [-0.15, -0.1) is 4.59 Å². The van der Waals surface area contributed by atoms with Gasteiger partial charge in [-0.05, 0) is 30.7 Å². The predicted molar refractivity (Wildman–Crippen MR) is 125 cm³/mol. The van der Waals surface area contributed by atoms with Gasteiger partial charge in [0.2, 0.25) is 5.70 Å². The molecule has 3 heterocycles. The van der Waals surface area contributed by atoms with E-state index in [0.29, 0.717) is 0 Å². The topological polar surface area (TPSA) is 63.6 Å². The molecule has 0 fully saturated rings. The number of quaternary nitrogens is 1. The number of amidine groups is 1. The molecule has 0 saturated heterocycles. The average Bonchev–Trinajstić information content (AvgIpc) is 3.05. The van der Waals surface area contributed by atoms with E-state index in [0.717, 1.165) is 50.5 Å². The number of hydrogen-bond donors (Lipinski definition) is 1. The average molecular weight is 402 g/mol. The minimum atomic E-state index is 0.00682. The number of benzene rings is 2. The Bertz CT molecular complexity index is 1440. The van der Waals surface area contributed by atoms with Gasteiger partial charge in [-0.1, -0.05) is 54.6 Å². The maximum atomic E-state index is 6.84. The van der Waals surface area contributed by atoms with E-state index in [9.17, 15) is 0 Å². The molecule has 2 aromatic carbocycles. The molecule has 3 aromatic rings. The van der Waals surface area contributed by atoms with Crippen molar-refractivity contribution in [2.45, 2.75) is 6.92 Å². The van der Waals surface area contributed by atoms with Crippen LogP contribution in [0, 0.1) is 6.92 Å². The van der Waals surface area contributed by atoms with Crippen LogP contribution in [0.15, 0.2) is 112 Å². The molecule has 0 bridgehead atoms. The van der Waals surface area contributed by atoms with Crippen molar-refractivity contribution in [3.05, 3.63) is 113 Å². The summed E-state index contributed by atoms with van der Waals surface area (Å²) in [5, 5.41) is 1.12. The first kappa shape index (κ1) is 17.9. The number of aryl methyl sites for hydroxylation is 1. The van der Waals surface area contributed by atoms with Gasteiger partial charge in [-0.3, -0.25) is 4.99 Å². The van der Waals surface area contributed by atoms with Crippen LogP contribution in [0.4, 0.5) is 0 Å². The fraction of sp³-hybridized carbons (Fsp3) is 0.0385. The van der Waals surface area contributed by atoms with Crippen LogP contribution >= 0.6 is 0 Å². The van der Waals surface area contributed by atoms with Gasteiger partial charge in [0.15, 0.2) is 0 Å². The van der Waals surface area contributed by atoms with Crippen molar-refractivity contribution < 1.29 is 4.59 Å². The first-order valence-corrected chi connectivity index (χ1v) is 10.2. The first-order valence-electron chi connectivity index (χ1n) is 10.2. The highest BCUT2D eigenvalue weighted by Gasteiger charge is 2.44. The second-order valence-electron chi connectivity index (χ2n) is 7.93. The molecule has 5 heteroatoms. The lowest BCUT2D eigenvalue weighted by Gasteiger charge is -2.26. The Kier molecular flexibility index (Phi) is 3.77. The monoisotopic (exact) mass is 402 g/mol.